The van der Waals surface area contributed by atoms with E-state index in [9.17, 15) is 15.0 Å². The van der Waals surface area contributed by atoms with Crippen molar-refractivity contribution in [2.75, 3.05) is 25.0 Å². The van der Waals surface area contributed by atoms with Gasteiger partial charge in [0, 0.05) is 24.4 Å². The molecular formula is C22H28N2O3. The Bertz CT molecular complexity index is 750. The van der Waals surface area contributed by atoms with Gasteiger partial charge in [0.2, 0.25) is 0 Å². The lowest BCUT2D eigenvalue weighted by Crippen LogP contribution is -2.34. The molecule has 2 aromatic carbocycles. The Labute approximate surface area is 160 Å². The lowest BCUT2D eigenvalue weighted by Gasteiger charge is -2.31. The van der Waals surface area contributed by atoms with Crippen molar-refractivity contribution in [2.24, 2.45) is 5.92 Å². The van der Waals surface area contributed by atoms with E-state index in [1.54, 1.807) is 13.0 Å². The van der Waals surface area contributed by atoms with E-state index in [0.717, 1.165) is 38.0 Å². The van der Waals surface area contributed by atoms with Gasteiger partial charge in [-0.05, 0) is 74.2 Å². The molecule has 144 valence electrons. The van der Waals surface area contributed by atoms with Crippen LogP contribution in [-0.4, -0.2) is 40.7 Å². The molecule has 1 atom stereocenters. The Morgan fingerprint density at radius 1 is 1.19 bits per heavy atom. The van der Waals surface area contributed by atoms with Gasteiger partial charge in [-0.2, -0.15) is 0 Å². The van der Waals surface area contributed by atoms with E-state index in [-0.39, 0.29) is 12.5 Å². The van der Waals surface area contributed by atoms with Gasteiger partial charge in [0.05, 0.1) is 6.10 Å². The number of carbonyl (C=O) groups is 1. The molecular weight excluding hydrogens is 340 g/mol. The van der Waals surface area contributed by atoms with E-state index in [0.29, 0.717) is 17.2 Å². The summed E-state index contributed by atoms with van der Waals surface area (Å²) in [6.45, 7) is 4.88. The molecule has 27 heavy (non-hydrogen) atoms. The predicted molar refractivity (Wildman–Crippen MR) is 107 cm³/mol. The number of likely N-dealkylation sites (tertiary alicyclic amines) is 1. The number of benzene rings is 2. The third-order valence-electron chi connectivity index (χ3n) is 5.21. The number of aliphatic hydroxyl groups is 2. The summed E-state index contributed by atoms with van der Waals surface area (Å²) in [5, 5.41) is 21.8. The Hall–Kier alpha value is -2.21. The van der Waals surface area contributed by atoms with Gasteiger partial charge in [0.15, 0.2) is 0 Å². The minimum Gasteiger partial charge on any atom is -0.396 e. The van der Waals surface area contributed by atoms with Crippen LogP contribution < -0.4 is 5.32 Å². The summed E-state index contributed by atoms with van der Waals surface area (Å²) in [7, 11) is 0. The molecule has 0 unspecified atom stereocenters. The minimum absolute atomic E-state index is 0.159. The molecule has 1 aliphatic heterocycles. The zero-order valence-electron chi connectivity index (χ0n) is 15.8. The van der Waals surface area contributed by atoms with Crippen LogP contribution in [0.25, 0.3) is 0 Å². The Balaban J connectivity index is 1.57. The molecule has 0 spiro atoms. The maximum absolute atomic E-state index is 12.5. The van der Waals surface area contributed by atoms with Gasteiger partial charge in [-0.3, -0.25) is 9.69 Å². The number of aliphatic hydroxyl groups excluding tert-OH is 2. The number of nitrogens with zero attached hydrogens (tertiary/aromatic N) is 1. The van der Waals surface area contributed by atoms with Gasteiger partial charge in [0.1, 0.15) is 0 Å². The molecule has 1 aliphatic rings. The summed E-state index contributed by atoms with van der Waals surface area (Å²) >= 11 is 0. The van der Waals surface area contributed by atoms with E-state index in [1.807, 2.05) is 42.5 Å². The maximum atomic E-state index is 12.5. The molecule has 1 fully saturated rings. The number of hydrogen-bond donors (Lipinski definition) is 3. The first-order chi connectivity index (χ1) is 13.0. The molecule has 0 radical (unpaired) electrons. The number of anilines is 1. The third-order valence-corrected chi connectivity index (χ3v) is 5.21. The van der Waals surface area contributed by atoms with Crippen LogP contribution >= 0.6 is 0 Å². The van der Waals surface area contributed by atoms with Crippen molar-refractivity contribution in [3.8, 4) is 0 Å². The lowest BCUT2D eigenvalue weighted by atomic mass is 9.97. The summed E-state index contributed by atoms with van der Waals surface area (Å²) in [4.78, 5) is 14.8. The van der Waals surface area contributed by atoms with Crippen molar-refractivity contribution >= 4 is 11.6 Å². The van der Waals surface area contributed by atoms with Crippen LogP contribution in [0.2, 0.25) is 0 Å². The van der Waals surface area contributed by atoms with Crippen LogP contribution in [0.3, 0.4) is 0 Å². The fourth-order valence-corrected chi connectivity index (χ4v) is 3.43. The summed E-state index contributed by atoms with van der Waals surface area (Å²) in [6.07, 6.45) is 1.52. The average molecular weight is 368 g/mol. The molecule has 0 aliphatic carbocycles. The number of piperidine rings is 1. The highest BCUT2D eigenvalue weighted by molar-refractivity contribution is 6.04. The second-order valence-electron chi connectivity index (χ2n) is 7.35. The zero-order valence-corrected chi connectivity index (χ0v) is 15.8. The molecule has 3 N–H and O–H groups in total. The van der Waals surface area contributed by atoms with Crippen LogP contribution in [0.15, 0.2) is 48.5 Å². The topological polar surface area (TPSA) is 72.8 Å². The van der Waals surface area contributed by atoms with E-state index in [4.69, 9.17) is 0 Å². The van der Waals surface area contributed by atoms with Crippen molar-refractivity contribution < 1.29 is 15.0 Å². The number of hydrogen-bond acceptors (Lipinski definition) is 4. The van der Waals surface area contributed by atoms with Crippen molar-refractivity contribution in [3.63, 3.8) is 0 Å². The summed E-state index contributed by atoms with van der Waals surface area (Å²) in [5.74, 6) is 0.285. The second kappa shape index (κ2) is 9.13. The largest absolute Gasteiger partial charge is 0.396 e. The fourth-order valence-electron chi connectivity index (χ4n) is 3.43. The van der Waals surface area contributed by atoms with Gasteiger partial charge in [0.25, 0.3) is 5.91 Å². The van der Waals surface area contributed by atoms with Crippen molar-refractivity contribution in [1.29, 1.82) is 0 Å². The minimum atomic E-state index is -0.566. The summed E-state index contributed by atoms with van der Waals surface area (Å²) in [5.41, 5.74) is 3.24. The predicted octanol–water partition coefficient (Wildman–Crippen LogP) is 3.20. The first-order valence-electron chi connectivity index (χ1n) is 9.56. The quantitative estimate of drug-likeness (QED) is 0.732. The Morgan fingerprint density at radius 3 is 2.52 bits per heavy atom. The standard InChI is InChI=1S/C22H28N2O3/c1-16(26)20-3-2-4-21(13-20)23-22(27)19-7-5-17(6-8-19)14-24-11-9-18(15-25)10-12-24/h2-8,13,16,18,25-26H,9-12,14-15H2,1H3,(H,23,27)/t16-/m1/s1. The van der Waals surface area contributed by atoms with Crippen LogP contribution in [-0.2, 0) is 6.54 Å². The molecule has 1 saturated heterocycles. The SMILES string of the molecule is C[C@@H](O)c1cccc(NC(=O)c2ccc(CN3CCC(CO)CC3)cc2)c1. The molecule has 1 amide bonds. The van der Waals surface area contributed by atoms with Crippen LogP contribution in [0.4, 0.5) is 5.69 Å². The second-order valence-corrected chi connectivity index (χ2v) is 7.35. The number of rotatable bonds is 6. The molecule has 0 saturated carbocycles. The highest BCUT2D eigenvalue weighted by Crippen LogP contribution is 2.20. The first-order valence-corrected chi connectivity index (χ1v) is 9.56. The highest BCUT2D eigenvalue weighted by Gasteiger charge is 2.18. The summed E-state index contributed by atoms with van der Waals surface area (Å²) in [6, 6.07) is 15.0. The summed E-state index contributed by atoms with van der Waals surface area (Å²) < 4.78 is 0. The molecule has 0 bridgehead atoms. The first kappa shape index (κ1) is 19.5. The fraction of sp³-hybridized carbons (Fsp3) is 0.409. The molecule has 5 nitrogen and oxygen atoms in total. The smallest absolute Gasteiger partial charge is 0.255 e. The van der Waals surface area contributed by atoms with Crippen molar-refractivity contribution in [1.82, 2.24) is 4.90 Å². The lowest BCUT2D eigenvalue weighted by molar-refractivity contribution is 0.102. The van der Waals surface area contributed by atoms with Gasteiger partial charge in [-0.15, -0.1) is 0 Å². The van der Waals surface area contributed by atoms with Gasteiger partial charge < -0.3 is 15.5 Å². The van der Waals surface area contributed by atoms with E-state index in [1.165, 1.54) is 5.56 Å². The van der Waals surface area contributed by atoms with E-state index < -0.39 is 6.10 Å². The van der Waals surface area contributed by atoms with E-state index in [2.05, 4.69) is 10.2 Å². The molecule has 3 rings (SSSR count). The van der Waals surface area contributed by atoms with Crippen LogP contribution in [0.1, 0.15) is 47.4 Å². The Morgan fingerprint density at radius 2 is 1.89 bits per heavy atom. The normalized spacial score (nSPS) is 16.9. The van der Waals surface area contributed by atoms with Crippen LogP contribution in [0.5, 0.6) is 0 Å². The number of carbonyl (C=O) groups excluding carboxylic acids is 1. The maximum Gasteiger partial charge on any atom is 0.255 e. The van der Waals surface area contributed by atoms with Crippen LogP contribution in [0, 0.1) is 5.92 Å². The monoisotopic (exact) mass is 368 g/mol. The molecule has 0 aromatic heterocycles. The molecule has 2 aromatic rings. The number of amides is 1. The Kier molecular flexibility index (Phi) is 6.61. The van der Waals surface area contributed by atoms with Gasteiger partial charge in [-0.1, -0.05) is 24.3 Å². The van der Waals surface area contributed by atoms with E-state index >= 15 is 0 Å². The molecule has 5 heteroatoms. The molecule has 1 heterocycles. The van der Waals surface area contributed by atoms with Gasteiger partial charge in [-0.25, -0.2) is 0 Å². The highest BCUT2D eigenvalue weighted by atomic mass is 16.3. The third kappa shape index (κ3) is 5.39. The van der Waals surface area contributed by atoms with Gasteiger partial charge >= 0.3 is 0 Å². The average Bonchev–Trinajstić information content (AvgIpc) is 2.69. The zero-order chi connectivity index (χ0) is 19.2. The van der Waals surface area contributed by atoms with Crippen molar-refractivity contribution in [2.45, 2.75) is 32.4 Å². The number of nitrogens with one attached hydrogen (secondary N) is 1. The van der Waals surface area contributed by atoms with Crippen molar-refractivity contribution in [3.05, 3.63) is 65.2 Å².